The molecule has 0 aliphatic heterocycles. The van der Waals surface area contributed by atoms with E-state index in [1.54, 1.807) is 12.1 Å². The second-order valence-corrected chi connectivity index (χ2v) is 5.86. The van der Waals surface area contributed by atoms with E-state index in [0.717, 1.165) is 18.4 Å². The number of ketones is 1. The van der Waals surface area contributed by atoms with Crippen LogP contribution in [0.5, 0.6) is 0 Å². The molecule has 3 heteroatoms. The number of carbonyl (C=O) groups is 1. The van der Waals surface area contributed by atoms with Crippen molar-refractivity contribution in [3.8, 4) is 0 Å². The van der Waals surface area contributed by atoms with Gasteiger partial charge in [-0.3, -0.25) is 4.79 Å². The van der Waals surface area contributed by atoms with Crippen molar-refractivity contribution in [2.45, 2.75) is 32.3 Å². The van der Waals surface area contributed by atoms with Crippen LogP contribution in [0.4, 0.5) is 0 Å². The average Bonchev–Trinajstić information content (AvgIpc) is 2.62. The van der Waals surface area contributed by atoms with Crippen LogP contribution in [0.15, 0.2) is 54.6 Å². The predicted octanol–water partition coefficient (Wildman–Crippen LogP) is 3.94. The Morgan fingerprint density at radius 3 is 2.22 bits per heavy atom. The molecule has 2 aromatic carbocycles. The molecule has 0 aromatic heterocycles. The standard InChI is InChI=1S/C20H24O3/c1-3-4-14-23-20(2,15-21)18-12-10-17(11-13-18)19(22)16-8-6-5-7-9-16/h5-13,21H,3-4,14-15H2,1-2H3. The molecule has 23 heavy (non-hydrogen) atoms. The van der Waals surface area contributed by atoms with Crippen LogP contribution < -0.4 is 0 Å². The summed E-state index contributed by atoms with van der Waals surface area (Å²) in [6.07, 6.45) is 2.01. The lowest BCUT2D eigenvalue weighted by atomic mass is 9.94. The summed E-state index contributed by atoms with van der Waals surface area (Å²) in [6, 6.07) is 16.5. The normalized spacial score (nSPS) is 13.5. The summed E-state index contributed by atoms with van der Waals surface area (Å²) in [5.74, 6) is -0.00486. The average molecular weight is 312 g/mol. The molecule has 2 aromatic rings. The van der Waals surface area contributed by atoms with Crippen LogP contribution in [-0.2, 0) is 10.3 Å². The van der Waals surface area contributed by atoms with Crippen molar-refractivity contribution < 1.29 is 14.6 Å². The van der Waals surface area contributed by atoms with Crippen molar-refractivity contribution >= 4 is 5.78 Å². The van der Waals surface area contributed by atoms with Crippen molar-refractivity contribution in [1.29, 1.82) is 0 Å². The van der Waals surface area contributed by atoms with Crippen LogP contribution in [-0.4, -0.2) is 24.1 Å². The number of hydrogen-bond donors (Lipinski definition) is 1. The highest BCUT2D eigenvalue weighted by atomic mass is 16.5. The lowest BCUT2D eigenvalue weighted by Crippen LogP contribution is -2.30. The van der Waals surface area contributed by atoms with Gasteiger partial charge in [-0.1, -0.05) is 67.9 Å². The number of ether oxygens (including phenoxy) is 1. The summed E-state index contributed by atoms with van der Waals surface area (Å²) < 4.78 is 5.86. The third-order valence-corrected chi connectivity index (χ3v) is 4.01. The summed E-state index contributed by atoms with van der Waals surface area (Å²) in [5.41, 5.74) is 1.45. The van der Waals surface area contributed by atoms with E-state index in [-0.39, 0.29) is 12.4 Å². The second-order valence-electron chi connectivity index (χ2n) is 5.86. The molecule has 1 atom stereocenters. The van der Waals surface area contributed by atoms with E-state index in [1.807, 2.05) is 49.4 Å². The molecule has 0 aliphatic rings. The molecular weight excluding hydrogens is 288 g/mol. The number of benzene rings is 2. The van der Waals surface area contributed by atoms with Crippen molar-refractivity contribution in [3.05, 3.63) is 71.3 Å². The Hall–Kier alpha value is -1.97. The smallest absolute Gasteiger partial charge is 0.193 e. The Labute approximate surface area is 137 Å². The molecule has 1 N–H and O–H groups in total. The fraction of sp³-hybridized carbons (Fsp3) is 0.350. The molecule has 2 rings (SSSR count). The van der Waals surface area contributed by atoms with Crippen LogP contribution in [0, 0.1) is 0 Å². The monoisotopic (exact) mass is 312 g/mol. The molecule has 122 valence electrons. The van der Waals surface area contributed by atoms with E-state index in [4.69, 9.17) is 4.74 Å². The van der Waals surface area contributed by atoms with Gasteiger partial charge in [-0.2, -0.15) is 0 Å². The SMILES string of the molecule is CCCCOC(C)(CO)c1ccc(C(=O)c2ccccc2)cc1. The van der Waals surface area contributed by atoms with Crippen molar-refractivity contribution in [3.63, 3.8) is 0 Å². The lowest BCUT2D eigenvalue weighted by Gasteiger charge is -2.28. The zero-order valence-electron chi connectivity index (χ0n) is 13.8. The minimum absolute atomic E-state index is 0.00486. The van der Waals surface area contributed by atoms with Crippen LogP contribution in [0.25, 0.3) is 0 Å². The Balaban J connectivity index is 2.16. The zero-order chi connectivity index (χ0) is 16.7. The van der Waals surface area contributed by atoms with E-state index in [1.165, 1.54) is 0 Å². The van der Waals surface area contributed by atoms with Gasteiger partial charge < -0.3 is 9.84 Å². The molecular formula is C20H24O3. The summed E-state index contributed by atoms with van der Waals surface area (Å²) >= 11 is 0. The molecule has 0 spiro atoms. The third kappa shape index (κ3) is 4.27. The topological polar surface area (TPSA) is 46.5 Å². The van der Waals surface area contributed by atoms with Gasteiger partial charge in [0.15, 0.2) is 5.78 Å². The maximum atomic E-state index is 12.4. The van der Waals surface area contributed by atoms with Gasteiger partial charge in [-0.15, -0.1) is 0 Å². The number of rotatable bonds is 8. The lowest BCUT2D eigenvalue weighted by molar-refractivity contribution is -0.0729. The van der Waals surface area contributed by atoms with Crippen LogP contribution in [0.2, 0.25) is 0 Å². The van der Waals surface area contributed by atoms with Crippen LogP contribution >= 0.6 is 0 Å². The number of hydrogen-bond acceptors (Lipinski definition) is 3. The highest BCUT2D eigenvalue weighted by Gasteiger charge is 2.26. The molecule has 3 nitrogen and oxygen atoms in total. The highest BCUT2D eigenvalue weighted by Crippen LogP contribution is 2.26. The fourth-order valence-corrected chi connectivity index (χ4v) is 2.39. The molecule has 0 radical (unpaired) electrons. The van der Waals surface area contributed by atoms with Crippen molar-refractivity contribution in [1.82, 2.24) is 0 Å². The number of unbranched alkanes of at least 4 members (excludes halogenated alkanes) is 1. The Morgan fingerprint density at radius 2 is 1.65 bits per heavy atom. The van der Waals surface area contributed by atoms with Gasteiger partial charge in [0.25, 0.3) is 0 Å². The minimum atomic E-state index is -0.733. The zero-order valence-corrected chi connectivity index (χ0v) is 13.8. The van der Waals surface area contributed by atoms with E-state index in [0.29, 0.717) is 17.7 Å². The van der Waals surface area contributed by atoms with Gasteiger partial charge in [0.1, 0.15) is 5.60 Å². The Bertz CT molecular complexity index is 619. The van der Waals surface area contributed by atoms with Gasteiger partial charge in [-0.05, 0) is 18.9 Å². The van der Waals surface area contributed by atoms with Crippen LogP contribution in [0.3, 0.4) is 0 Å². The molecule has 1 unspecified atom stereocenters. The van der Waals surface area contributed by atoms with Gasteiger partial charge in [-0.25, -0.2) is 0 Å². The van der Waals surface area contributed by atoms with E-state index in [2.05, 4.69) is 6.92 Å². The van der Waals surface area contributed by atoms with Crippen LogP contribution in [0.1, 0.15) is 48.2 Å². The molecule has 0 heterocycles. The van der Waals surface area contributed by atoms with Crippen molar-refractivity contribution in [2.75, 3.05) is 13.2 Å². The first-order valence-corrected chi connectivity index (χ1v) is 8.06. The predicted molar refractivity (Wildman–Crippen MR) is 91.6 cm³/mol. The van der Waals surface area contributed by atoms with Crippen molar-refractivity contribution in [2.24, 2.45) is 0 Å². The Morgan fingerprint density at radius 1 is 1.04 bits per heavy atom. The van der Waals surface area contributed by atoms with Gasteiger partial charge in [0, 0.05) is 17.7 Å². The molecule has 0 saturated heterocycles. The van der Waals surface area contributed by atoms with E-state index < -0.39 is 5.60 Å². The number of carbonyl (C=O) groups excluding carboxylic acids is 1. The summed E-state index contributed by atoms with van der Waals surface area (Å²) in [5, 5.41) is 9.70. The molecule has 0 bridgehead atoms. The molecule has 0 amide bonds. The van der Waals surface area contributed by atoms with Gasteiger partial charge in [0.2, 0.25) is 0 Å². The fourth-order valence-electron chi connectivity index (χ4n) is 2.39. The third-order valence-electron chi connectivity index (χ3n) is 4.01. The highest BCUT2D eigenvalue weighted by molar-refractivity contribution is 6.08. The number of aliphatic hydroxyl groups excluding tert-OH is 1. The molecule has 0 aliphatic carbocycles. The number of aliphatic hydroxyl groups is 1. The molecule has 0 fully saturated rings. The summed E-state index contributed by atoms with van der Waals surface area (Å²) in [4.78, 5) is 12.4. The Kier molecular flexibility index (Phi) is 6.08. The molecule has 0 saturated carbocycles. The minimum Gasteiger partial charge on any atom is -0.393 e. The van der Waals surface area contributed by atoms with Gasteiger partial charge >= 0.3 is 0 Å². The summed E-state index contributed by atoms with van der Waals surface area (Å²) in [6.45, 7) is 4.49. The summed E-state index contributed by atoms with van der Waals surface area (Å²) in [7, 11) is 0. The van der Waals surface area contributed by atoms with E-state index in [9.17, 15) is 9.90 Å². The van der Waals surface area contributed by atoms with Gasteiger partial charge in [0.05, 0.1) is 6.61 Å². The van der Waals surface area contributed by atoms with E-state index >= 15 is 0 Å². The largest absolute Gasteiger partial charge is 0.393 e. The maximum Gasteiger partial charge on any atom is 0.193 e. The quantitative estimate of drug-likeness (QED) is 0.593. The first-order chi connectivity index (χ1) is 11.1. The first-order valence-electron chi connectivity index (χ1n) is 8.06. The second kappa shape index (κ2) is 8.04. The first kappa shape index (κ1) is 17.4. The maximum absolute atomic E-state index is 12.4.